The lowest BCUT2D eigenvalue weighted by Gasteiger charge is -2.06. The van der Waals surface area contributed by atoms with E-state index in [0.29, 0.717) is 21.9 Å². The summed E-state index contributed by atoms with van der Waals surface area (Å²) in [7, 11) is 0. The zero-order valence-electron chi connectivity index (χ0n) is 17.2. The molecule has 2 amide bonds. The Kier molecular flexibility index (Phi) is 7.72. The van der Waals surface area contributed by atoms with Crippen LogP contribution >= 0.6 is 11.6 Å². The smallest absolute Gasteiger partial charge is 0.345 e. The third-order valence-corrected chi connectivity index (χ3v) is 4.64. The van der Waals surface area contributed by atoms with Gasteiger partial charge < -0.3 is 10.1 Å². The molecule has 0 atom stereocenters. The predicted octanol–water partition coefficient (Wildman–Crippen LogP) is 3.75. The lowest BCUT2D eigenvalue weighted by Crippen LogP contribution is -2.34. The van der Waals surface area contributed by atoms with Gasteiger partial charge in [0.25, 0.3) is 11.8 Å². The second-order valence-corrected chi connectivity index (χ2v) is 7.19. The van der Waals surface area contributed by atoms with Crippen LogP contribution in [0.25, 0.3) is 0 Å². The van der Waals surface area contributed by atoms with Gasteiger partial charge in [-0.3, -0.25) is 9.59 Å². The largest absolute Gasteiger partial charge is 0.423 e. The van der Waals surface area contributed by atoms with Crippen LogP contribution < -0.4 is 15.5 Å². The van der Waals surface area contributed by atoms with Crippen LogP contribution in [0, 0.1) is 6.92 Å². The highest BCUT2D eigenvalue weighted by molar-refractivity contribution is 6.33. The number of halogens is 1. The number of hydrogen-bond acceptors (Lipinski definition) is 5. The minimum absolute atomic E-state index is 0.207. The van der Waals surface area contributed by atoms with Crippen LogP contribution in [0.4, 0.5) is 0 Å². The van der Waals surface area contributed by atoms with Crippen molar-refractivity contribution in [2.45, 2.75) is 6.92 Å². The summed E-state index contributed by atoms with van der Waals surface area (Å²) in [6.45, 7) is 1.72. The third-order valence-electron chi connectivity index (χ3n) is 4.31. The van der Waals surface area contributed by atoms with Crippen LogP contribution in [0.1, 0.15) is 31.8 Å². The first-order chi connectivity index (χ1) is 15.4. The standard InChI is InChI=1S/C24H20ClN3O4/c1-16-6-10-18(11-7-16)23(30)26-15-22(29)28-27-14-17-8-12-19(13-9-17)32-24(31)20-4-2-3-5-21(20)25/h2-14H,15H2,1H3,(H,26,30)(H,28,29)/b27-14-. The van der Waals surface area contributed by atoms with E-state index >= 15 is 0 Å². The van der Waals surface area contributed by atoms with Crippen molar-refractivity contribution in [1.82, 2.24) is 10.7 Å². The number of hydrogen-bond donors (Lipinski definition) is 2. The number of benzene rings is 3. The van der Waals surface area contributed by atoms with Crippen molar-refractivity contribution in [3.05, 3.63) is 100 Å². The van der Waals surface area contributed by atoms with E-state index in [1.807, 2.05) is 19.1 Å². The molecule has 0 saturated carbocycles. The average Bonchev–Trinajstić information content (AvgIpc) is 2.79. The Morgan fingerprint density at radius 2 is 1.66 bits per heavy atom. The fraction of sp³-hybridized carbons (Fsp3) is 0.0833. The first-order valence-corrected chi connectivity index (χ1v) is 10.0. The molecule has 7 nitrogen and oxygen atoms in total. The zero-order chi connectivity index (χ0) is 22.9. The molecule has 0 aliphatic rings. The molecular weight excluding hydrogens is 430 g/mol. The quantitative estimate of drug-likeness (QED) is 0.248. The number of rotatable bonds is 7. The fourth-order valence-electron chi connectivity index (χ4n) is 2.60. The molecule has 0 aromatic heterocycles. The molecular formula is C24H20ClN3O4. The van der Waals surface area contributed by atoms with Crippen molar-refractivity contribution in [2.24, 2.45) is 5.10 Å². The molecule has 3 aromatic rings. The van der Waals surface area contributed by atoms with Crippen molar-refractivity contribution in [1.29, 1.82) is 0 Å². The van der Waals surface area contributed by atoms with E-state index in [2.05, 4.69) is 15.8 Å². The van der Waals surface area contributed by atoms with Gasteiger partial charge in [0.1, 0.15) is 5.75 Å². The molecule has 3 rings (SSSR count). The van der Waals surface area contributed by atoms with Crippen LogP contribution in [0.3, 0.4) is 0 Å². The van der Waals surface area contributed by atoms with Crippen molar-refractivity contribution < 1.29 is 19.1 Å². The Bertz CT molecular complexity index is 1140. The molecule has 0 fully saturated rings. The topological polar surface area (TPSA) is 96.9 Å². The van der Waals surface area contributed by atoms with Crippen molar-refractivity contribution in [2.75, 3.05) is 6.54 Å². The molecule has 0 saturated heterocycles. The first-order valence-electron chi connectivity index (χ1n) is 9.66. The Morgan fingerprint density at radius 3 is 2.34 bits per heavy atom. The number of carbonyl (C=O) groups is 3. The molecule has 0 aliphatic heterocycles. The van der Waals surface area contributed by atoms with Crippen LogP contribution in [-0.2, 0) is 4.79 Å². The number of hydrazone groups is 1. The van der Waals surface area contributed by atoms with Gasteiger partial charge in [0.05, 0.1) is 23.3 Å². The summed E-state index contributed by atoms with van der Waals surface area (Å²) in [6, 6.07) is 20.2. The second-order valence-electron chi connectivity index (χ2n) is 6.78. The molecule has 0 heterocycles. The lowest BCUT2D eigenvalue weighted by molar-refractivity contribution is -0.120. The van der Waals surface area contributed by atoms with Gasteiger partial charge >= 0.3 is 5.97 Å². The van der Waals surface area contributed by atoms with Gasteiger partial charge in [-0.1, -0.05) is 41.4 Å². The number of ether oxygens (including phenoxy) is 1. The molecule has 2 N–H and O–H groups in total. The van der Waals surface area contributed by atoms with Gasteiger partial charge in [0, 0.05) is 5.56 Å². The SMILES string of the molecule is Cc1ccc(C(=O)NCC(=O)N/N=C\c2ccc(OC(=O)c3ccccc3Cl)cc2)cc1. The number of esters is 1. The Hall–Kier alpha value is -3.97. The summed E-state index contributed by atoms with van der Waals surface area (Å²) >= 11 is 5.99. The van der Waals surface area contributed by atoms with E-state index in [1.165, 1.54) is 6.21 Å². The Labute approximate surface area is 190 Å². The maximum Gasteiger partial charge on any atom is 0.345 e. The molecule has 8 heteroatoms. The van der Waals surface area contributed by atoms with E-state index in [1.54, 1.807) is 60.7 Å². The van der Waals surface area contributed by atoms with Crippen LogP contribution in [0.15, 0.2) is 77.9 Å². The molecule has 0 bridgehead atoms. The minimum Gasteiger partial charge on any atom is -0.423 e. The highest BCUT2D eigenvalue weighted by Gasteiger charge is 2.12. The van der Waals surface area contributed by atoms with E-state index in [0.717, 1.165) is 5.56 Å². The summed E-state index contributed by atoms with van der Waals surface area (Å²) in [5.74, 6) is -1.02. The van der Waals surface area contributed by atoms with Crippen molar-refractivity contribution in [3.63, 3.8) is 0 Å². The van der Waals surface area contributed by atoms with Gasteiger partial charge in [-0.25, -0.2) is 10.2 Å². The average molecular weight is 450 g/mol. The normalized spacial score (nSPS) is 10.6. The molecule has 3 aromatic carbocycles. The molecule has 32 heavy (non-hydrogen) atoms. The second kappa shape index (κ2) is 10.9. The van der Waals surface area contributed by atoms with Gasteiger partial charge in [0.2, 0.25) is 0 Å². The van der Waals surface area contributed by atoms with Crippen LogP contribution in [0.2, 0.25) is 5.02 Å². The maximum absolute atomic E-state index is 12.2. The molecule has 162 valence electrons. The molecule has 0 aliphatic carbocycles. The van der Waals surface area contributed by atoms with Crippen molar-refractivity contribution in [3.8, 4) is 5.75 Å². The highest BCUT2D eigenvalue weighted by atomic mass is 35.5. The minimum atomic E-state index is -0.558. The summed E-state index contributed by atoms with van der Waals surface area (Å²) in [5, 5.41) is 6.69. The summed E-state index contributed by atoms with van der Waals surface area (Å²) in [6.07, 6.45) is 1.43. The monoisotopic (exact) mass is 449 g/mol. The fourth-order valence-corrected chi connectivity index (χ4v) is 2.81. The van der Waals surface area contributed by atoms with Crippen LogP contribution in [-0.4, -0.2) is 30.5 Å². The van der Waals surface area contributed by atoms with E-state index in [9.17, 15) is 14.4 Å². The van der Waals surface area contributed by atoms with Gasteiger partial charge in [-0.2, -0.15) is 5.10 Å². The molecule has 0 spiro atoms. The van der Waals surface area contributed by atoms with Gasteiger partial charge in [0.15, 0.2) is 0 Å². The van der Waals surface area contributed by atoms with Gasteiger partial charge in [-0.05, 0) is 61.0 Å². The molecule has 0 radical (unpaired) electrons. The summed E-state index contributed by atoms with van der Waals surface area (Å²) in [5.41, 5.74) is 4.80. The number of aryl methyl sites for hydroxylation is 1. The van der Waals surface area contributed by atoms with E-state index < -0.39 is 11.9 Å². The number of nitrogens with one attached hydrogen (secondary N) is 2. The van der Waals surface area contributed by atoms with Gasteiger partial charge in [-0.15, -0.1) is 0 Å². The maximum atomic E-state index is 12.2. The summed E-state index contributed by atoms with van der Waals surface area (Å²) < 4.78 is 5.30. The predicted molar refractivity (Wildman–Crippen MR) is 122 cm³/mol. The summed E-state index contributed by atoms with van der Waals surface area (Å²) in [4.78, 5) is 36.0. The Morgan fingerprint density at radius 1 is 0.969 bits per heavy atom. The van der Waals surface area contributed by atoms with E-state index in [-0.39, 0.29) is 18.0 Å². The number of carbonyl (C=O) groups excluding carboxylic acids is 3. The number of amides is 2. The number of nitrogens with zero attached hydrogens (tertiary/aromatic N) is 1. The molecule has 0 unspecified atom stereocenters. The zero-order valence-corrected chi connectivity index (χ0v) is 17.9. The van der Waals surface area contributed by atoms with E-state index in [4.69, 9.17) is 16.3 Å². The highest BCUT2D eigenvalue weighted by Crippen LogP contribution is 2.18. The Balaban J connectivity index is 1.45. The van der Waals surface area contributed by atoms with Crippen LogP contribution in [0.5, 0.6) is 5.75 Å². The first kappa shape index (κ1) is 22.7. The lowest BCUT2D eigenvalue weighted by atomic mass is 10.1. The van der Waals surface area contributed by atoms with Crippen molar-refractivity contribution >= 4 is 35.6 Å². The third kappa shape index (κ3) is 6.52.